The first-order valence-corrected chi connectivity index (χ1v) is 19.8. The fourth-order valence-electron chi connectivity index (χ4n) is 8.23. The molecule has 0 bridgehead atoms. The van der Waals surface area contributed by atoms with Crippen molar-refractivity contribution in [2.75, 3.05) is 13.1 Å². The number of nitrogens with zero attached hydrogens (tertiary/aromatic N) is 2. The zero-order valence-corrected chi connectivity index (χ0v) is 32.5. The normalized spacial score (nSPS) is 14.5. The van der Waals surface area contributed by atoms with Gasteiger partial charge in [0.05, 0.1) is 42.3 Å². The Kier molecular flexibility index (Phi) is 10.7. The summed E-state index contributed by atoms with van der Waals surface area (Å²) in [6.45, 7) is 3.85. The molecule has 5 aromatic rings. The van der Waals surface area contributed by atoms with Crippen LogP contribution in [0.5, 0.6) is 0 Å². The van der Waals surface area contributed by atoms with Crippen molar-refractivity contribution >= 4 is 113 Å². The molecule has 54 heavy (non-hydrogen) atoms. The lowest BCUT2D eigenvalue weighted by Crippen LogP contribution is -2.42. The number of hydrogen-bond donors (Lipinski definition) is 0. The molecule has 2 heterocycles. The number of imide groups is 2. The van der Waals surface area contributed by atoms with Gasteiger partial charge in [0.25, 0.3) is 23.6 Å². The highest BCUT2D eigenvalue weighted by Gasteiger charge is 2.45. The second kappa shape index (κ2) is 14.9. The summed E-state index contributed by atoms with van der Waals surface area (Å²) in [5.41, 5.74) is -2.91. The summed E-state index contributed by atoms with van der Waals surface area (Å²) in [6, 6.07) is 0. The fourth-order valence-corrected chi connectivity index (χ4v) is 9.36. The van der Waals surface area contributed by atoms with E-state index in [1.165, 1.54) is 0 Å². The number of rotatable bonds is 14. The third kappa shape index (κ3) is 5.56. The predicted molar refractivity (Wildman–Crippen MR) is 205 cm³/mol. The van der Waals surface area contributed by atoms with E-state index in [9.17, 15) is 19.2 Å². The van der Waals surface area contributed by atoms with E-state index in [0.717, 1.165) is 61.2 Å². The maximum absolute atomic E-state index is 16.6. The lowest BCUT2D eigenvalue weighted by atomic mass is 9.81. The van der Waals surface area contributed by atoms with Crippen molar-refractivity contribution in [2.45, 2.75) is 90.9 Å². The van der Waals surface area contributed by atoms with Crippen LogP contribution in [0.25, 0.3) is 43.1 Å². The van der Waals surface area contributed by atoms with Crippen LogP contribution in [0.4, 0.5) is 17.6 Å². The molecule has 0 N–H and O–H groups in total. The average Bonchev–Trinajstić information content (AvgIpc) is 3.14. The molecule has 0 aliphatic carbocycles. The maximum Gasteiger partial charge on any atom is 0.264 e. The van der Waals surface area contributed by atoms with E-state index in [2.05, 4.69) is 13.8 Å². The summed E-state index contributed by atoms with van der Waals surface area (Å²) >= 11 is 26.9. The lowest BCUT2D eigenvalue weighted by molar-refractivity contribution is 0.0586. The Morgan fingerprint density at radius 2 is 0.611 bits per heavy atom. The number of benzene rings is 5. The number of fused-ring (bicyclic) bond motifs is 2. The summed E-state index contributed by atoms with van der Waals surface area (Å²) in [4.78, 5) is 57.2. The van der Waals surface area contributed by atoms with Gasteiger partial charge in [0.15, 0.2) is 23.3 Å². The Morgan fingerprint density at radius 1 is 0.370 bits per heavy atom. The van der Waals surface area contributed by atoms with E-state index in [1.807, 2.05) is 0 Å². The van der Waals surface area contributed by atoms with E-state index in [1.54, 1.807) is 0 Å². The molecule has 0 radical (unpaired) electrons. The van der Waals surface area contributed by atoms with Gasteiger partial charge in [-0.15, -0.1) is 0 Å². The van der Waals surface area contributed by atoms with Gasteiger partial charge in [-0.1, -0.05) is 124 Å². The maximum atomic E-state index is 16.6. The molecule has 2 aliphatic heterocycles. The van der Waals surface area contributed by atoms with Gasteiger partial charge >= 0.3 is 0 Å². The topological polar surface area (TPSA) is 74.8 Å². The molecule has 0 unspecified atom stereocenters. The number of halogens is 8. The van der Waals surface area contributed by atoms with Gasteiger partial charge in [0.2, 0.25) is 0 Å². The molecule has 0 spiro atoms. The quantitative estimate of drug-likeness (QED) is 0.0367. The monoisotopic (exact) mass is 822 g/mol. The first-order chi connectivity index (χ1) is 25.8. The zero-order valence-electron chi connectivity index (χ0n) is 29.5. The molecule has 0 saturated heterocycles. The first kappa shape index (κ1) is 38.8. The van der Waals surface area contributed by atoms with Crippen LogP contribution in [0.3, 0.4) is 0 Å². The molecule has 14 heteroatoms. The number of carbonyl (C=O) groups excluding carboxylic acids is 4. The van der Waals surface area contributed by atoms with Crippen molar-refractivity contribution in [2.24, 2.45) is 0 Å². The molecule has 284 valence electrons. The minimum absolute atomic E-state index is 0.137. The van der Waals surface area contributed by atoms with E-state index < -0.39 is 100 Å². The number of amides is 4. The molecule has 4 amide bonds. The summed E-state index contributed by atoms with van der Waals surface area (Å²) in [7, 11) is 0. The molecule has 0 atom stereocenters. The Bertz CT molecular complexity index is 2160. The number of unbranched alkanes of at least 4 members (excludes halogenated alkanes) is 10. The third-order valence-electron chi connectivity index (χ3n) is 10.8. The Hall–Kier alpha value is -3.44. The Balaban J connectivity index is 1.50. The van der Waals surface area contributed by atoms with Crippen molar-refractivity contribution in [3.63, 3.8) is 0 Å². The highest BCUT2D eigenvalue weighted by Crippen LogP contribution is 2.56. The van der Waals surface area contributed by atoms with Crippen molar-refractivity contribution in [3.8, 4) is 0 Å². The predicted octanol–water partition coefficient (Wildman–Crippen LogP) is 12.8. The summed E-state index contributed by atoms with van der Waals surface area (Å²) < 4.78 is 66.6. The molecular weight excluding hydrogens is 790 g/mol. The highest BCUT2D eigenvalue weighted by molar-refractivity contribution is 6.56. The van der Waals surface area contributed by atoms with Gasteiger partial charge in [0, 0.05) is 56.2 Å². The van der Waals surface area contributed by atoms with Gasteiger partial charge in [-0.05, 0) is 12.8 Å². The van der Waals surface area contributed by atoms with Crippen molar-refractivity contribution in [1.82, 2.24) is 9.80 Å². The molecule has 0 fully saturated rings. The molecule has 5 aromatic carbocycles. The van der Waals surface area contributed by atoms with Crippen molar-refractivity contribution < 1.29 is 36.7 Å². The van der Waals surface area contributed by atoms with E-state index >= 15 is 17.6 Å². The molecule has 0 saturated carbocycles. The first-order valence-electron chi connectivity index (χ1n) is 18.3. The van der Waals surface area contributed by atoms with E-state index in [4.69, 9.17) is 46.4 Å². The van der Waals surface area contributed by atoms with Gasteiger partial charge in [-0.3, -0.25) is 29.0 Å². The van der Waals surface area contributed by atoms with Crippen LogP contribution in [0, 0.1) is 23.3 Å². The smallest absolute Gasteiger partial charge is 0.264 e. The van der Waals surface area contributed by atoms with Crippen molar-refractivity contribution in [3.05, 3.63) is 65.6 Å². The summed E-state index contributed by atoms with van der Waals surface area (Å²) in [5, 5.41) is -6.15. The molecule has 6 nitrogen and oxygen atoms in total. The van der Waals surface area contributed by atoms with Crippen LogP contribution in [0.1, 0.15) is 132 Å². The largest absolute Gasteiger partial charge is 0.274 e. The molecule has 2 aliphatic rings. The SMILES string of the molecule is CCCCCCCCN1C(=O)c2c(F)c(Cl)c3c4c(Cl)c(F)c5c6c(c(F)c(Cl)c(c7c(Cl)c(F)c(c2c37)C1=O)c64)C(=O)N(CCCCCCCC)C5=O. The second-order valence-electron chi connectivity index (χ2n) is 14.1. The van der Waals surface area contributed by atoms with Crippen LogP contribution in [-0.2, 0) is 0 Å². The van der Waals surface area contributed by atoms with E-state index in [0.29, 0.717) is 25.7 Å². The van der Waals surface area contributed by atoms with Crippen LogP contribution < -0.4 is 0 Å². The van der Waals surface area contributed by atoms with Crippen LogP contribution in [-0.4, -0.2) is 46.5 Å². The van der Waals surface area contributed by atoms with Gasteiger partial charge in [-0.2, -0.15) is 0 Å². The van der Waals surface area contributed by atoms with Crippen molar-refractivity contribution in [1.29, 1.82) is 0 Å². The minimum Gasteiger partial charge on any atom is -0.274 e. The third-order valence-corrected chi connectivity index (χ3v) is 12.3. The summed E-state index contributed by atoms with van der Waals surface area (Å²) in [6.07, 6.45) is 9.68. The molecule has 7 rings (SSSR count). The van der Waals surface area contributed by atoms with Gasteiger partial charge in [-0.25, -0.2) is 17.6 Å². The van der Waals surface area contributed by atoms with Crippen LogP contribution in [0.2, 0.25) is 20.1 Å². The fraction of sp³-hybridized carbons (Fsp3) is 0.400. The average molecular weight is 825 g/mol. The lowest BCUT2D eigenvalue weighted by Gasteiger charge is -2.32. The number of carbonyl (C=O) groups is 4. The molecule has 0 aromatic heterocycles. The standard InChI is InChI=1S/C40H34Cl4F4N2O4/c1-3-5-7-9-11-13-15-49-37(51)25-19-17-21(29(41)33(25)45)23-18-20-27(35(47)31(23)43)39(53)50(16-14-12-10-8-6-4-2)40(54)28(20)36(48)32(44)24(18)22(17)30(42)34(46)26(19)38(49)52/h3-16H2,1-2H3. The Morgan fingerprint density at radius 3 is 0.870 bits per heavy atom. The van der Waals surface area contributed by atoms with Crippen LogP contribution >= 0.6 is 46.4 Å². The van der Waals surface area contributed by atoms with Crippen LogP contribution in [0.15, 0.2) is 0 Å². The second-order valence-corrected chi connectivity index (χ2v) is 15.6. The Labute approximate surface area is 327 Å². The van der Waals surface area contributed by atoms with E-state index in [-0.39, 0.29) is 45.4 Å². The summed E-state index contributed by atoms with van der Waals surface area (Å²) in [5.74, 6) is -9.67. The molecular formula is C40H34Cl4F4N2O4. The minimum atomic E-state index is -1.34. The van der Waals surface area contributed by atoms with Gasteiger partial charge < -0.3 is 0 Å². The van der Waals surface area contributed by atoms with Gasteiger partial charge in [0.1, 0.15) is 0 Å². The zero-order chi connectivity index (χ0) is 38.9. The highest BCUT2D eigenvalue weighted by atomic mass is 35.5. The number of hydrogen-bond acceptors (Lipinski definition) is 4.